The minimum Gasteiger partial charge on any atom is -0.504 e. The summed E-state index contributed by atoms with van der Waals surface area (Å²) in [5.74, 6) is -0.135. The lowest BCUT2D eigenvalue weighted by Gasteiger charge is -2.14. The van der Waals surface area contributed by atoms with E-state index in [2.05, 4.69) is 19.2 Å². The molecule has 0 radical (unpaired) electrons. The maximum absolute atomic E-state index is 9.66. The molecule has 0 unspecified atom stereocenters. The molecular formula is C12H17NO3. The molecule has 16 heavy (non-hydrogen) atoms. The van der Waals surface area contributed by atoms with Crippen molar-refractivity contribution < 1.29 is 14.9 Å². The van der Waals surface area contributed by atoms with Crippen LogP contribution in [0, 0.1) is 0 Å². The molecule has 1 heterocycles. The fourth-order valence-electron chi connectivity index (χ4n) is 1.88. The number of rotatable bonds is 3. The van der Waals surface area contributed by atoms with E-state index < -0.39 is 0 Å². The van der Waals surface area contributed by atoms with E-state index in [0.29, 0.717) is 18.2 Å². The lowest BCUT2D eigenvalue weighted by atomic mass is 10.0. The van der Waals surface area contributed by atoms with E-state index in [1.54, 1.807) is 0 Å². The number of phenolic OH excluding ortho intramolecular Hbond substituents is 2. The molecule has 0 fully saturated rings. The minimum atomic E-state index is -0.0835. The van der Waals surface area contributed by atoms with Crippen LogP contribution in [0.4, 0.5) is 0 Å². The topological polar surface area (TPSA) is 61.7 Å². The molecule has 0 saturated heterocycles. The molecule has 1 aliphatic rings. The van der Waals surface area contributed by atoms with Gasteiger partial charge in [-0.1, -0.05) is 19.9 Å². The van der Waals surface area contributed by atoms with Gasteiger partial charge in [0, 0.05) is 18.2 Å². The monoisotopic (exact) mass is 223 g/mol. The zero-order valence-corrected chi connectivity index (χ0v) is 9.53. The Bertz CT molecular complexity index is 390. The number of aromatic hydroxyl groups is 2. The summed E-state index contributed by atoms with van der Waals surface area (Å²) in [5, 5.41) is 22.3. The van der Waals surface area contributed by atoms with Crippen LogP contribution in [0.2, 0.25) is 0 Å². The van der Waals surface area contributed by atoms with Crippen LogP contribution in [-0.2, 0) is 11.3 Å². The third-order valence-electron chi connectivity index (χ3n) is 2.78. The summed E-state index contributed by atoms with van der Waals surface area (Å²) in [5.41, 5.74) is 1.67. The van der Waals surface area contributed by atoms with Crippen LogP contribution in [0.5, 0.6) is 11.5 Å². The molecule has 2 rings (SSSR count). The molecule has 0 amide bonds. The summed E-state index contributed by atoms with van der Waals surface area (Å²) in [6.45, 7) is 5.23. The number of hydrogen-bond donors (Lipinski definition) is 3. The van der Waals surface area contributed by atoms with Crippen molar-refractivity contribution in [3.05, 3.63) is 23.3 Å². The van der Waals surface area contributed by atoms with Gasteiger partial charge in [0.25, 0.3) is 0 Å². The summed E-state index contributed by atoms with van der Waals surface area (Å²) in [6.07, 6.45) is -0.0381. The van der Waals surface area contributed by atoms with E-state index in [0.717, 1.165) is 12.1 Å². The highest BCUT2D eigenvalue weighted by Crippen LogP contribution is 2.40. The van der Waals surface area contributed by atoms with Crippen LogP contribution in [0.3, 0.4) is 0 Å². The number of hydrogen-bond acceptors (Lipinski definition) is 4. The van der Waals surface area contributed by atoms with Gasteiger partial charge in [-0.15, -0.1) is 0 Å². The van der Waals surface area contributed by atoms with Crippen molar-refractivity contribution >= 4 is 0 Å². The highest BCUT2D eigenvalue weighted by Gasteiger charge is 2.26. The van der Waals surface area contributed by atoms with Gasteiger partial charge in [-0.3, -0.25) is 0 Å². The Kier molecular flexibility index (Phi) is 3.03. The highest BCUT2D eigenvalue weighted by molar-refractivity contribution is 5.50. The fraction of sp³-hybridized carbons (Fsp3) is 0.500. The molecule has 0 spiro atoms. The lowest BCUT2D eigenvalue weighted by Crippen LogP contribution is -2.27. The van der Waals surface area contributed by atoms with E-state index in [9.17, 15) is 10.2 Å². The van der Waals surface area contributed by atoms with Gasteiger partial charge in [0.15, 0.2) is 11.5 Å². The maximum atomic E-state index is 9.66. The minimum absolute atomic E-state index is 0.0381. The smallest absolute Gasteiger partial charge is 0.163 e. The van der Waals surface area contributed by atoms with Crippen LogP contribution >= 0.6 is 0 Å². The van der Waals surface area contributed by atoms with Gasteiger partial charge >= 0.3 is 0 Å². The van der Waals surface area contributed by atoms with Crippen molar-refractivity contribution in [1.29, 1.82) is 0 Å². The van der Waals surface area contributed by atoms with Crippen LogP contribution in [0.1, 0.15) is 31.1 Å². The average Bonchev–Trinajstić information content (AvgIpc) is 2.64. The molecule has 1 aromatic rings. The van der Waals surface area contributed by atoms with Gasteiger partial charge in [0.05, 0.1) is 12.7 Å². The average molecular weight is 223 g/mol. The first-order chi connectivity index (χ1) is 7.59. The fourth-order valence-corrected chi connectivity index (χ4v) is 1.88. The molecule has 3 N–H and O–H groups in total. The molecule has 4 heteroatoms. The first-order valence-corrected chi connectivity index (χ1v) is 5.48. The Balaban J connectivity index is 2.17. The lowest BCUT2D eigenvalue weighted by molar-refractivity contribution is 0.0642. The van der Waals surface area contributed by atoms with E-state index in [1.807, 2.05) is 6.07 Å². The number of phenols is 2. The summed E-state index contributed by atoms with van der Waals surface area (Å²) < 4.78 is 5.58. The predicted molar refractivity (Wildman–Crippen MR) is 60.4 cm³/mol. The van der Waals surface area contributed by atoms with Crippen molar-refractivity contribution in [2.45, 2.75) is 32.6 Å². The second-order valence-electron chi connectivity index (χ2n) is 4.36. The Morgan fingerprint density at radius 1 is 1.44 bits per heavy atom. The van der Waals surface area contributed by atoms with Crippen molar-refractivity contribution in [1.82, 2.24) is 5.32 Å². The molecule has 0 saturated carbocycles. The van der Waals surface area contributed by atoms with Crippen molar-refractivity contribution in [3.8, 4) is 11.5 Å². The van der Waals surface area contributed by atoms with Crippen molar-refractivity contribution in [2.24, 2.45) is 0 Å². The molecule has 4 nitrogen and oxygen atoms in total. The van der Waals surface area contributed by atoms with E-state index in [1.165, 1.54) is 6.07 Å². The second-order valence-corrected chi connectivity index (χ2v) is 4.36. The predicted octanol–water partition coefficient (Wildman–Crippen LogP) is 1.67. The Morgan fingerprint density at radius 2 is 2.19 bits per heavy atom. The van der Waals surface area contributed by atoms with Crippen LogP contribution in [0.15, 0.2) is 12.1 Å². The normalized spacial score (nSPS) is 19.1. The van der Waals surface area contributed by atoms with Crippen molar-refractivity contribution in [2.75, 3.05) is 6.54 Å². The third-order valence-corrected chi connectivity index (χ3v) is 2.78. The maximum Gasteiger partial charge on any atom is 0.163 e. The van der Waals surface area contributed by atoms with E-state index in [-0.39, 0.29) is 17.6 Å². The number of benzene rings is 1. The Morgan fingerprint density at radius 3 is 2.88 bits per heavy atom. The van der Waals surface area contributed by atoms with Crippen LogP contribution in [-0.4, -0.2) is 22.8 Å². The quantitative estimate of drug-likeness (QED) is 0.682. The van der Waals surface area contributed by atoms with Crippen LogP contribution < -0.4 is 5.32 Å². The standard InChI is InChI=1S/C12H17NO3/c1-7(2)13-5-11-8-3-4-10(14)12(15)9(8)6-16-11/h3-4,7,11,13-15H,5-6H2,1-2H3/t11-/m0/s1. The first kappa shape index (κ1) is 11.2. The molecule has 0 aliphatic carbocycles. The SMILES string of the molecule is CC(C)NC[C@@H]1OCc2c1ccc(O)c2O. The summed E-state index contributed by atoms with van der Waals surface area (Å²) in [4.78, 5) is 0. The summed E-state index contributed by atoms with van der Waals surface area (Å²) >= 11 is 0. The number of ether oxygens (including phenoxy) is 1. The molecule has 1 aliphatic heterocycles. The summed E-state index contributed by atoms with van der Waals surface area (Å²) in [7, 11) is 0. The van der Waals surface area contributed by atoms with Gasteiger partial charge in [0.2, 0.25) is 0 Å². The van der Waals surface area contributed by atoms with Gasteiger partial charge in [0.1, 0.15) is 0 Å². The van der Waals surface area contributed by atoms with Gasteiger partial charge < -0.3 is 20.3 Å². The molecule has 1 aromatic carbocycles. The molecular weight excluding hydrogens is 206 g/mol. The highest BCUT2D eigenvalue weighted by atomic mass is 16.5. The zero-order chi connectivity index (χ0) is 11.7. The second kappa shape index (κ2) is 4.31. The third kappa shape index (κ3) is 1.99. The zero-order valence-electron chi connectivity index (χ0n) is 9.53. The Labute approximate surface area is 94.9 Å². The largest absolute Gasteiger partial charge is 0.504 e. The van der Waals surface area contributed by atoms with E-state index in [4.69, 9.17) is 4.74 Å². The van der Waals surface area contributed by atoms with Gasteiger partial charge in [-0.05, 0) is 11.6 Å². The summed E-state index contributed by atoms with van der Waals surface area (Å²) in [6, 6.07) is 3.72. The molecule has 88 valence electrons. The number of nitrogens with one attached hydrogen (secondary N) is 1. The van der Waals surface area contributed by atoms with Crippen LogP contribution in [0.25, 0.3) is 0 Å². The molecule has 0 bridgehead atoms. The van der Waals surface area contributed by atoms with Gasteiger partial charge in [-0.25, -0.2) is 0 Å². The molecule has 0 aromatic heterocycles. The van der Waals surface area contributed by atoms with Gasteiger partial charge in [-0.2, -0.15) is 0 Å². The van der Waals surface area contributed by atoms with Crippen molar-refractivity contribution in [3.63, 3.8) is 0 Å². The number of fused-ring (bicyclic) bond motifs is 1. The first-order valence-electron chi connectivity index (χ1n) is 5.48. The molecule has 1 atom stereocenters. The van der Waals surface area contributed by atoms with E-state index >= 15 is 0 Å². The Hall–Kier alpha value is -1.26.